The van der Waals surface area contributed by atoms with Gasteiger partial charge in [0.1, 0.15) is 0 Å². The van der Waals surface area contributed by atoms with E-state index in [9.17, 15) is 20.0 Å². The topological polar surface area (TPSA) is 115 Å². The van der Waals surface area contributed by atoms with Gasteiger partial charge in [-0.3, -0.25) is 4.79 Å². The number of hydrogen-bond donors (Lipinski definition) is 2. The van der Waals surface area contributed by atoms with Crippen LogP contribution in [0.4, 0.5) is 11.5 Å². The van der Waals surface area contributed by atoms with Crippen molar-refractivity contribution in [2.24, 2.45) is 5.41 Å². The van der Waals surface area contributed by atoms with Gasteiger partial charge in [0.25, 0.3) is 0 Å². The maximum atomic E-state index is 11.4. The first-order valence-corrected chi connectivity index (χ1v) is 6.19. The quantitative estimate of drug-likeness (QED) is 0.617. The van der Waals surface area contributed by atoms with Crippen molar-refractivity contribution in [3.05, 3.63) is 28.4 Å². The molecular formula is C12H15N3O5. The van der Waals surface area contributed by atoms with Crippen LogP contribution in [0.2, 0.25) is 0 Å². The van der Waals surface area contributed by atoms with Crippen molar-refractivity contribution in [3.63, 3.8) is 0 Å². The first-order chi connectivity index (χ1) is 9.53. The summed E-state index contributed by atoms with van der Waals surface area (Å²) in [4.78, 5) is 25.0. The largest absolute Gasteiger partial charge is 0.481 e. The van der Waals surface area contributed by atoms with Crippen LogP contribution in [0.1, 0.15) is 12.8 Å². The molecule has 2 N–H and O–H groups in total. The van der Waals surface area contributed by atoms with E-state index in [0.717, 1.165) is 0 Å². The Hall–Kier alpha value is -2.22. The molecule has 1 aromatic rings. The Balaban J connectivity index is 2.02. The number of pyridine rings is 1. The van der Waals surface area contributed by atoms with Crippen LogP contribution in [-0.4, -0.2) is 40.7 Å². The van der Waals surface area contributed by atoms with Gasteiger partial charge in [0.05, 0.1) is 11.1 Å². The molecule has 1 fully saturated rings. The van der Waals surface area contributed by atoms with Crippen molar-refractivity contribution in [2.45, 2.75) is 12.8 Å². The summed E-state index contributed by atoms with van der Waals surface area (Å²) >= 11 is 0. The molecule has 108 valence electrons. The fourth-order valence-corrected chi connectivity index (χ4v) is 2.10. The Morgan fingerprint density at radius 3 is 2.70 bits per heavy atom. The van der Waals surface area contributed by atoms with Crippen LogP contribution >= 0.6 is 0 Å². The van der Waals surface area contributed by atoms with E-state index in [4.69, 9.17) is 4.74 Å². The lowest BCUT2D eigenvalue weighted by atomic mass is 9.80. The summed E-state index contributed by atoms with van der Waals surface area (Å²) in [6, 6.07) is 2.79. The average molecular weight is 281 g/mol. The van der Waals surface area contributed by atoms with Crippen LogP contribution in [-0.2, 0) is 9.53 Å². The van der Waals surface area contributed by atoms with Crippen molar-refractivity contribution in [1.29, 1.82) is 0 Å². The van der Waals surface area contributed by atoms with Crippen molar-refractivity contribution < 1.29 is 19.6 Å². The second-order valence-electron chi connectivity index (χ2n) is 4.71. The van der Waals surface area contributed by atoms with Gasteiger partial charge in [0.15, 0.2) is 6.20 Å². The van der Waals surface area contributed by atoms with Gasteiger partial charge in [-0.05, 0) is 28.8 Å². The third-order valence-electron chi connectivity index (χ3n) is 3.47. The number of carbonyl (C=O) groups is 1. The van der Waals surface area contributed by atoms with Crippen LogP contribution in [0.25, 0.3) is 0 Å². The lowest BCUT2D eigenvalue weighted by Gasteiger charge is -2.33. The fraction of sp³-hybridized carbons (Fsp3) is 0.500. The molecule has 1 aliphatic heterocycles. The van der Waals surface area contributed by atoms with E-state index in [0.29, 0.717) is 31.7 Å². The van der Waals surface area contributed by atoms with E-state index in [2.05, 4.69) is 10.3 Å². The van der Waals surface area contributed by atoms with Gasteiger partial charge in [0, 0.05) is 25.8 Å². The van der Waals surface area contributed by atoms with Gasteiger partial charge >= 0.3 is 11.8 Å². The number of nitro groups is 1. The van der Waals surface area contributed by atoms with Gasteiger partial charge in [0.2, 0.25) is 0 Å². The molecule has 8 heteroatoms. The summed E-state index contributed by atoms with van der Waals surface area (Å²) < 4.78 is 5.19. The number of aliphatic carboxylic acids is 1. The summed E-state index contributed by atoms with van der Waals surface area (Å²) in [5.74, 6) is -1.10. The molecule has 0 unspecified atom stereocenters. The minimum absolute atomic E-state index is 0.241. The maximum Gasteiger partial charge on any atom is 0.363 e. The molecule has 0 amide bonds. The van der Waals surface area contributed by atoms with Gasteiger partial charge in [-0.15, -0.1) is 0 Å². The first-order valence-electron chi connectivity index (χ1n) is 6.19. The molecule has 0 aromatic carbocycles. The summed E-state index contributed by atoms with van der Waals surface area (Å²) in [5, 5.41) is 22.9. The zero-order valence-electron chi connectivity index (χ0n) is 10.7. The summed E-state index contributed by atoms with van der Waals surface area (Å²) in [6.45, 7) is 1.09. The number of carboxylic acids is 1. The predicted molar refractivity (Wildman–Crippen MR) is 69.5 cm³/mol. The molecular weight excluding hydrogens is 266 g/mol. The molecule has 8 nitrogen and oxygen atoms in total. The number of anilines is 1. The second-order valence-corrected chi connectivity index (χ2v) is 4.71. The van der Waals surface area contributed by atoms with Crippen LogP contribution in [0, 0.1) is 15.5 Å². The smallest absolute Gasteiger partial charge is 0.363 e. The number of aromatic nitrogens is 1. The van der Waals surface area contributed by atoms with E-state index >= 15 is 0 Å². The van der Waals surface area contributed by atoms with Crippen LogP contribution in [0.5, 0.6) is 0 Å². The molecule has 1 saturated heterocycles. The van der Waals surface area contributed by atoms with E-state index in [1.807, 2.05) is 0 Å². The minimum atomic E-state index is -0.861. The molecule has 1 aliphatic rings. The first kappa shape index (κ1) is 14.2. The average Bonchev–Trinajstić information content (AvgIpc) is 2.46. The highest BCUT2D eigenvalue weighted by atomic mass is 16.6. The number of ether oxygens (including phenoxy) is 1. The maximum absolute atomic E-state index is 11.4. The lowest BCUT2D eigenvalue weighted by Crippen LogP contribution is -2.42. The Kier molecular flexibility index (Phi) is 4.14. The highest BCUT2D eigenvalue weighted by Gasteiger charge is 2.40. The lowest BCUT2D eigenvalue weighted by molar-refractivity contribution is -0.389. The highest BCUT2D eigenvalue weighted by molar-refractivity contribution is 5.75. The number of nitrogens with one attached hydrogen (secondary N) is 1. The van der Waals surface area contributed by atoms with Gasteiger partial charge in [-0.2, -0.15) is 0 Å². The van der Waals surface area contributed by atoms with E-state index in [-0.39, 0.29) is 12.4 Å². The van der Waals surface area contributed by atoms with Gasteiger partial charge < -0.3 is 25.3 Å². The molecule has 0 saturated carbocycles. The van der Waals surface area contributed by atoms with Crippen molar-refractivity contribution >= 4 is 17.5 Å². The molecule has 1 aromatic heterocycles. The molecule has 0 bridgehead atoms. The fourth-order valence-electron chi connectivity index (χ4n) is 2.10. The molecule has 0 spiro atoms. The molecule has 2 heterocycles. The molecule has 0 radical (unpaired) electrons. The SMILES string of the molecule is O=C(O)C1(CNc2ccc([N+](=O)[O-])nc2)CCOCC1. The molecule has 0 aliphatic carbocycles. The Morgan fingerprint density at radius 1 is 1.50 bits per heavy atom. The Bertz CT molecular complexity index is 496. The zero-order valence-corrected chi connectivity index (χ0v) is 10.7. The third-order valence-corrected chi connectivity index (χ3v) is 3.47. The zero-order chi connectivity index (χ0) is 14.6. The van der Waals surface area contributed by atoms with Crippen LogP contribution < -0.4 is 5.32 Å². The number of rotatable bonds is 5. The van der Waals surface area contributed by atoms with E-state index < -0.39 is 16.3 Å². The minimum Gasteiger partial charge on any atom is -0.481 e. The van der Waals surface area contributed by atoms with Crippen LogP contribution in [0.15, 0.2) is 18.3 Å². The molecule has 0 atom stereocenters. The Morgan fingerprint density at radius 2 is 2.20 bits per heavy atom. The standard InChI is InChI=1S/C12H15N3O5/c16-11(17)12(3-5-20-6-4-12)8-14-9-1-2-10(13-7-9)15(18)19/h1-2,7,14H,3-6,8H2,(H,16,17). The van der Waals surface area contributed by atoms with Crippen LogP contribution in [0.3, 0.4) is 0 Å². The van der Waals surface area contributed by atoms with Crippen molar-refractivity contribution in [1.82, 2.24) is 4.98 Å². The molecule has 20 heavy (non-hydrogen) atoms. The monoisotopic (exact) mass is 281 g/mol. The number of hydrogen-bond acceptors (Lipinski definition) is 6. The Labute approximate surface area is 114 Å². The van der Waals surface area contributed by atoms with E-state index in [1.54, 1.807) is 0 Å². The molecule has 2 rings (SSSR count). The third kappa shape index (κ3) is 3.02. The highest BCUT2D eigenvalue weighted by Crippen LogP contribution is 2.31. The summed E-state index contributed by atoms with van der Waals surface area (Å²) in [5.41, 5.74) is -0.303. The number of nitrogens with zero attached hydrogens (tertiary/aromatic N) is 2. The van der Waals surface area contributed by atoms with Gasteiger partial charge in [-0.1, -0.05) is 0 Å². The normalized spacial score (nSPS) is 17.4. The second kappa shape index (κ2) is 5.83. The van der Waals surface area contributed by atoms with E-state index in [1.165, 1.54) is 18.3 Å². The summed E-state index contributed by atoms with van der Waals surface area (Å²) in [7, 11) is 0. The number of carboxylic acid groups (broad SMARTS) is 1. The van der Waals surface area contributed by atoms with Gasteiger partial charge in [-0.25, -0.2) is 0 Å². The van der Waals surface area contributed by atoms with Crippen molar-refractivity contribution in [2.75, 3.05) is 25.1 Å². The summed E-state index contributed by atoms with van der Waals surface area (Å²) in [6.07, 6.45) is 2.21. The van der Waals surface area contributed by atoms with Crippen molar-refractivity contribution in [3.8, 4) is 0 Å². The predicted octanol–water partition coefficient (Wildman–Crippen LogP) is 1.28.